The zero-order valence-corrected chi connectivity index (χ0v) is 17.6. The Morgan fingerprint density at radius 1 is 1.16 bits per heavy atom. The molecule has 156 valence electrons. The predicted octanol–water partition coefficient (Wildman–Crippen LogP) is 4.48. The van der Waals surface area contributed by atoms with Gasteiger partial charge in [0.25, 0.3) is 5.91 Å². The first kappa shape index (κ1) is 19.3. The molecule has 3 aromatic rings. The SMILES string of the molecule is CC1=C(C(=O)Nc2cc(C)ccn2)C(c2c[nH]c3ccccc23)C2=C(CCCC2=O)N1. The van der Waals surface area contributed by atoms with Crippen LogP contribution in [0.4, 0.5) is 5.82 Å². The summed E-state index contributed by atoms with van der Waals surface area (Å²) in [5, 5.41) is 7.32. The Morgan fingerprint density at radius 2 is 2.00 bits per heavy atom. The van der Waals surface area contributed by atoms with E-state index in [2.05, 4.69) is 20.6 Å². The molecule has 3 heterocycles. The second-order valence-corrected chi connectivity index (χ2v) is 8.23. The molecular formula is C25H24N4O2. The number of aromatic amines is 1. The Labute approximate surface area is 180 Å². The lowest BCUT2D eigenvalue weighted by atomic mass is 9.75. The first-order valence-corrected chi connectivity index (χ1v) is 10.6. The molecular weight excluding hydrogens is 388 g/mol. The minimum absolute atomic E-state index is 0.107. The predicted molar refractivity (Wildman–Crippen MR) is 120 cm³/mol. The third-order valence-corrected chi connectivity index (χ3v) is 6.11. The summed E-state index contributed by atoms with van der Waals surface area (Å²) in [4.78, 5) is 34.2. The van der Waals surface area contributed by atoms with E-state index in [1.54, 1.807) is 6.20 Å². The van der Waals surface area contributed by atoms with E-state index in [1.807, 2.05) is 56.4 Å². The highest BCUT2D eigenvalue weighted by Gasteiger charge is 2.39. The van der Waals surface area contributed by atoms with E-state index in [-0.39, 0.29) is 11.7 Å². The molecule has 0 fully saturated rings. The third kappa shape index (κ3) is 3.34. The summed E-state index contributed by atoms with van der Waals surface area (Å²) >= 11 is 0. The number of carbonyl (C=O) groups excluding carboxylic acids is 2. The Morgan fingerprint density at radius 3 is 2.84 bits per heavy atom. The van der Waals surface area contributed by atoms with Crippen LogP contribution >= 0.6 is 0 Å². The highest BCUT2D eigenvalue weighted by atomic mass is 16.2. The van der Waals surface area contributed by atoms with Crippen molar-refractivity contribution in [1.29, 1.82) is 0 Å². The minimum Gasteiger partial charge on any atom is -0.362 e. The fraction of sp³-hybridized carbons (Fsp3) is 0.240. The first-order chi connectivity index (χ1) is 15.0. The number of hydrogen-bond donors (Lipinski definition) is 3. The van der Waals surface area contributed by atoms with E-state index in [0.717, 1.165) is 46.3 Å². The molecule has 5 rings (SSSR count). The second kappa shape index (κ2) is 7.54. The topological polar surface area (TPSA) is 86.9 Å². The Balaban J connectivity index is 1.64. The van der Waals surface area contributed by atoms with Crippen LogP contribution in [-0.4, -0.2) is 21.7 Å². The van der Waals surface area contributed by atoms with Crippen LogP contribution in [-0.2, 0) is 9.59 Å². The van der Waals surface area contributed by atoms with Gasteiger partial charge in [0.15, 0.2) is 5.78 Å². The summed E-state index contributed by atoms with van der Waals surface area (Å²) in [5.41, 5.74) is 5.92. The largest absolute Gasteiger partial charge is 0.362 e. The zero-order valence-electron chi connectivity index (χ0n) is 17.6. The molecule has 2 aromatic heterocycles. The van der Waals surface area contributed by atoms with Crippen molar-refractivity contribution in [3.8, 4) is 0 Å². The van der Waals surface area contributed by atoms with Crippen LogP contribution in [0.15, 0.2) is 71.3 Å². The fourth-order valence-electron chi connectivity index (χ4n) is 4.72. The number of fused-ring (bicyclic) bond motifs is 1. The van der Waals surface area contributed by atoms with Gasteiger partial charge >= 0.3 is 0 Å². The number of benzene rings is 1. The number of anilines is 1. The lowest BCUT2D eigenvalue weighted by molar-refractivity contribution is -0.116. The van der Waals surface area contributed by atoms with Gasteiger partial charge in [-0.2, -0.15) is 0 Å². The van der Waals surface area contributed by atoms with Crippen molar-refractivity contribution in [3.63, 3.8) is 0 Å². The van der Waals surface area contributed by atoms with Gasteiger partial charge in [0.05, 0.1) is 0 Å². The van der Waals surface area contributed by atoms with Gasteiger partial charge in [0.2, 0.25) is 0 Å². The molecule has 3 N–H and O–H groups in total. The van der Waals surface area contributed by atoms with Gasteiger partial charge in [0.1, 0.15) is 5.82 Å². The molecule has 0 bridgehead atoms. The molecule has 1 atom stereocenters. The highest BCUT2D eigenvalue weighted by Crippen LogP contribution is 2.44. The molecule has 31 heavy (non-hydrogen) atoms. The van der Waals surface area contributed by atoms with Gasteiger partial charge in [-0.3, -0.25) is 9.59 Å². The smallest absolute Gasteiger partial charge is 0.255 e. The van der Waals surface area contributed by atoms with Crippen molar-refractivity contribution in [2.75, 3.05) is 5.32 Å². The molecule has 0 saturated heterocycles. The third-order valence-electron chi connectivity index (χ3n) is 6.11. The summed E-state index contributed by atoms with van der Waals surface area (Å²) in [6, 6.07) is 11.7. The molecule has 1 aliphatic heterocycles. The van der Waals surface area contributed by atoms with Crippen LogP contribution in [0, 0.1) is 6.92 Å². The van der Waals surface area contributed by atoms with Crippen molar-refractivity contribution in [3.05, 3.63) is 82.5 Å². The van der Waals surface area contributed by atoms with Gasteiger partial charge in [-0.1, -0.05) is 18.2 Å². The maximum absolute atomic E-state index is 13.5. The fourth-order valence-corrected chi connectivity index (χ4v) is 4.72. The van der Waals surface area contributed by atoms with Gasteiger partial charge < -0.3 is 15.6 Å². The number of rotatable bonds is 3. The second-order valence-electron chi connectivity index (χ2n) is 8.23. The van der Waals surface area contributed by atoms with Crippen molar-refractivity contribution < 1.29 is 9.59 Å². The van der Waals surface area contributed by atoms with Crippen LogP contribution in [0.3, 0.4) is 0 Å². The Hall–Kier alpha value is -3.67. The maximum Gasteiger partial charge on any atom is 0.255 e. The molecule has 0 radical (unpaired) electrons. The summed E-state index contributed by atoms with van der Waals surface area (Å²) in [6.07, 6.45) is 5.75. The van der Waals surface area contributed by atoms with E-state index < -0.39 is 5.92 Å². The maximum atomic E-state index is 13.5. The number of hydrogen-bond acceptors (Lipinski definition) is 4. The van der Waals surface area contributed by atoms with Crippen molar-refractivity contribution >= 4 is 28.4 Å². The monoisotopic (exact) mass is 412 g/mol. The number of aromatic nitrogens is 2. The average Bonchev–Trinajstić information content (AvgIpc) is 3.17. The number of aryl methyl sites for hydroxylation is 1. The lowest BCUT2D eigenvalue weighted by Crippen LogP contribution is -2.35. The van der Waals surface area contributed by atoms with Crippen LogP contribution in [0.1, 0.15) is 43.2 Å². The Kier molecular flexibility index (Phi) is 4.70. The number of ketones is 1. The van der Waals surface area contributed by atoms with Gasteiger partial charge in [-0.25, -0.2) is 4.98 Å². The molecule has 6 heteroatoms. The minimum atomic E-state index is -0.426. The van der Waals surface area contributed by atoms with Gasteiger partial charge in [0, 0.05) is 58.2 Å². The normalized spacial score (nSPS) is 18.8. The number of amides is 1. The quantitative estimate of drug-likeness (QED) is 0.592. The van der Waals surface area contributed by atoms with E-state index in [4.69, 9.17) is 0 Å². The van der Waals surface area contributed by atoms with Crippen molar-refractivity contribution in [1.82, 2.24) is 15.3 Å². The summed E-state index contributed by atoms with van der Waals surface area (Å²) in [6.45, 7) is 3.86. The van der Waals surface area contributed by atoms with E-state index >= 15 is 0 Å². The standard InChI is InChI=1S/C25H24N4O2/c1-14-10-11-26-21(12-14)29-25(31)22-15(2)28-19-8-5-9-20(30)24(19)23(22)17-13-27-18-7-4-3-6-16(17)18/h3-4,6-7,10-13,23,27-28H,5,8-9H2,1-2H3,(H,26,29,31). The molecule has 1 aromatic carbocycles. The molecule has 0 saturated carbocycles. The number of nitrogens with zero attached hydrogens (tertiary/aromatic N) is 1. The number of para-hydroxylation sites is 1. The number of H-pyrrole nitrogens is 1. The number of carbonyl (C=O) groups is 2. The molecule has 1 aliphatic carbocycles. The highest BCUT2D eigenvalue weighted by molar-refractivity contribution is 6.10. The molecule has 6 nitrogen and oxygen atoms in total. The molecule has 0 spiro atoms. The van der Waals surface area contributed by atoms with Crippen LogP contribution in [0.5, 0.6) is 0 Å². The van der Waals surface area contributed by atoms with Gasteiger partial charge in [-0.15, -0.1) is 0 Å². The molecule has 2 aliphatic rings. The summed E-state index contributed by atoms with van der Waals surface area (Å²) < 4.78 is 0. The first-order valence-electron chi connectivity index (χ1n) is 10.6. The number of nitrogens with one attached hydrogen (secondary N) is 3. The number of Topliss-reactive ketones (excluding diaryl/α,β-unsaturated/α-hetero) is 1. The number of dihydropyridines is 1. The zero-order chi connectivity index (χ0) is 21.5. The molecule has 1 unspecified atom stereocenters. The summed E-state index contributed by atoms with van der Waals surface area (Å²) in [7, 11) is 0. The van der Waals surface area contributed by atoms with Crippen LogP contribution < -0.4 is 10.6 Å². The van der Waals surface area contributed by atoms with Gasteiger partial charge in [-0.05, 0) is 56.0 Å². The average molecular weight is 412 g/mol. The van der Waals surface area contributed by atoms with Crippen LogP contribution in [0.2, 0.25) is 0 Å². The summed E-state index contributed by atoms with van der Waals surface area (Å²) in [5.74, 6) is -0.0680. The van der Waals surface area contributed by atoms with E-state index in [9.17, 15) is 9.59 Å². The van der Waals surface area contributed by atoms with Crippen molar-refractivity contribution in [2.24, 2.45) is 0 Å². The van der Waals surface area contributed by atoms with E-state index in [1.165, 1.54) is 0 Å². The van der Waals surface area contributed by atoms with Crippen LogP contribution in [0.25, 0.3) is 10.9 Å². The number of pyridine rings is 1. The van der Waals surface area contributed by atoms with Crippen molar-refractivity contribution in [2.45, 2.75) is 39.0 Å². The lowest BCUT2D eigenvalue weighted by Gasteiger charge is -2.34. The Bertz CT molecular complexity index is 1280. The van der Waals surface area contributed by atoms with E-state index in [0.29, 0.717) is 23.4 Å². The molecule has 1 amide bonds. The number of allylic oxidation sites excluding steroid dienone is 3.